The zero-order valence-electron chi connectivity index (χ0n) is 7.50. The molecule has 1 atom stereocenters. The number of nitrogens with one attached hydrogen (secondary N) is 1. The Labute approximate surface area is 72.3 Å². The predicted molar refractivity (Wildman–Crippen MR) is 44.5 cm³/mol. The van der Waals surface area contributed by atoms with E-state index in [1.807, 2.05) is 0 Å². The van der Waals surface area contributed by atoms with Crippen molar-refractivity contribution in [3.05, 3.63) is 0 Å². The lowest BCUT2D eigenvalue weighted by Gasteiger charge is -2.08. The van der Waals surface area contributed by atoms with Crippen LogP contribution in [0.3, 0.4) is 0 Å². The second kappa shape index (κ2) is 6.64. The number of carbonyl (C=O) groups is 2. The topological polar surface area (TPSA) is 55.4 Å². The summed E-state index contributed by atoms with van der Waals surface area (Å²) in [6.07, 6.45) is 1.25. The summed E-state index contributed by atoms with van der Waals surface area (Å²) in [6, 6.07) is 0. The van der Waals surface area contributed by atoms with Gasteiger partial charge in [0, 0.05) is 6.54 Å². The maximum absolute atomic E-state index is 11.0. The lowest BCUT2D eigenvalue weighted by atomic mass is 10.1. The van der Waals surface area contributed by atoms with Gasteiger partial charge in [-0.2, -0.15) is 0 Å². The number of amides is 1. The summed E-state index contributed by atoms with van der Waals surface area (Å²) in [5.74, 6) is -0.345. The van der Waals surface area contributed by atoms with Crippen molar-refractivity contribution in [1.82, 2.24) is 5.32 Å². The van der Waals surface area contributed by atoms with Crippen LogP contribution in [0.15, 0.2) is 0 Å². The van der Waals surface area contributed by atoms with E-state index in [-0.39, 0.29) is 11.9 Å². The van der Waals surface area contributed by atoms with E-state index < -0.39 is 0 Å². The molecule has 0 aromatic heterocycles. The minimum absolute atomic E-state index is 0.141. The van der Waals surface area contributed by atoms with Crippen LogP contribution < -0.4 is 5.32 Å². The molecule has 0 aliphatic carbocycles. The summed E-state index contributed by atoms with van der Waals surface area (Å²) in [7, 11) is 0. The van der Waals surface area contributed by atoms with Gasteiger partial charge >= 0.3 is 5.97 Å². The van der Waals surface area contributed by atoms with E-state index in [4.69, 9.17) is 4.74 Å². The van der Waals surface area contributed by atoms with Crippen LogP contribution >= 0.6 is 0 Å². The van der Waals surface area contributed by atoms with Crippen LogP contribution in [0.4, 0.5) is 0 Å². The van der Waals surface area contributed by atoms with Crippen LogP contribution in [0.25, 0.3) is 0 Å². The number of hydrogen-bond donors (Lipinski definition) is 1. The number of rotatable bonds is 6. The highest BCUT2D eigenvalue weighted by Gasteiger charge is 2.12. The van der Waals surface area contributed by atoms with Crippen molar-refractivity contribution in [3.63, 3.8) is 0 Å². The van der Waals surface area contributed by atoms with Gasteiger partial charge in [0.2, 0.25) is 6.41 Å². The molecule has 0 fully saturated rings. The Morgan fingerprint density at radius 3 is 2.83 bits per heavy atom. The molecule has 1 amide bonds. The Bertz CT molecular complexity index is 147. The monoisotopic (exact) mass is 173 g/mol. The van der Waals surface area contributed by atoms with Crippen molar-refractivity contribution >= 4 is 12.4 Å². The van der Waals surface area contributed by atoms with E-state index in [0.717, 1.165) is 0 Å². The molecule has 0 spiro atoms. The molecule has 1 unspecified atom stereocenters. The highest BCUT2D eigenvalue weighted by atomic mass is 16.5. The molecule has 12 heavy (non-hydrogen) atoms. The van der Waals surface area contributed by atoms with Gasteiger partial charge in [-0.25, -0.2) is 0 Å². The molecule has 0 aliphatic rings. The summed E-state index contributed by atoms with van der Waals surface area (Å²) in [5.41, 5.74) is 0. The van der Waals surface area contributed by atoms with Crippen LogP contribution in [0.5, 0.6) is 0 Å². The summed E-state index contributed by atoms with van der Waals surface area (Å²) in [4.78, 5) is 20.9. The molecule has 0 aliphatic heterocycles. The lowest BCUT2D eigenvalue weighted by Crippen LogP contribution is -2.21. The second-order valence-corrected chi connectivity index (χ2v) is 2.51. The molecule has 0 bridgehead atoms. The Morgan fingerprint density at radius 1 is 1.67 bits per heavy atom. The van der Waals surface area contributed by atoms with Crippen LogP contribution in [-0.4, -0.2) is 25.5 Å². The molecule has 70 valence electrons. The van der Waals surface area contributed by atoms with E-state index in [0.29, 0.717) is 26.0 Å². The van der Waals surface area contributed by atoms with Gasteiger partial charge in [-0.1, -0.05) is 6.92 Å². The van der Waals surface area contributed by atoms with Crippen molar-refractivity contribution in [3.8, 4) is 0 Å². The van der Waals surface area contributed by atoms with Crippen LogP contribution in [0.1, 0.15) is 20.3 Å². The fourth-order valence-electron chi connectivity index (χ4n) is 0.761. The average molecular weight is 173 g/mol. The standard InChI is InChI=1S/C8H15NO3/c1-3-12-8(11)7(2)4-5-9-6-10/h6-7H,3-5H2,1-2H3,(H,9,10). The number of hydrogen-bond acceptors (Lipinski definition) is 3. The predicted octanol–water partition coefficient (Wildman–Crippen LogP) is 0.322. The maximum atomic E-state index is 11.0. The fourth-order valence-corrected chi connectivity index (χ4v) is 0.761. The third kappa shape index (κ3) is 4.71. The number of carbonyl (C=O) groups excluding carboxylic acids is 2. The van der Waals surface area contributed by atoms with Crippen molar-refractivity contribution in [1.29, 1.82) is 0 Å². The molecule has 4 nitrogen and oxygen atoms in total. The molecule has 0 radical (unpaired) electrons. The van der Waals surface area contributed by atoms with Gasteiger partial charge in [0.05, 0.1) is 12.5 Å². The van der Waals surface area contributed by atoms with Gasteiger partial charge in [-0.15, -0.1) is 0 Å². The van der Waals surface area contributed by atoms with Crippen LogP contribution in [0, 0.1) is 5.92 Å². The van der Waals surface area contributed by atoms with Gasteiger partial charge in [-0.3, -0.25) is 9.59 Å². The van der Waals surface area contributed by atoms with Gasteiger partial charge < -0.3 is 10.1 Å². The summed E-state index contributed by atoms with van der Waals surface area (Å²) >= 11 is 0. The molecular formula is C8H15NO3. The van der Waals surface area contributed by atoms with E-state index in [9.17, 15) is 9.59 Å². The fraction of sp³-hybridized carbons (Fsp3) is 0.750. The van der Waals surface area contributed by atoms with Crippen molar-refractivity contribution in [2.75, 3.05) is 13.2 Å². The minimum Gasteiger partial charge on any atom is -0.466 e. The Balaban J connectivity index is 3.49. The molecule has 0 aromatic rings. The largest absolute Gasteiger partial charge is 0.466 e. The van der Waals surface area contributed by atoms with E-state index in [2.05, 4.69) is 5.32 Å². The quantitative estimate of drug-likeness (QED) is 0.357. The Hall–Kier alpha value is -1.06. The third-order valence-corrected chi connectivity index (χ3v) is 1.49. The molecule has 4 heteroatoms. The summed E-state index contributed by atoms with van der Waals surface area (Å²) in [5, 5.41) is 2.49. The van der Waals surface area contributed by atoms with Gasteiger partial charge in [0.25, 0.3) is 0 Å². The Kier molecular flexibility index (Phi) is 6.05. The van der Waals surface area contributed by atoms with E-state index >= 15 is 0 Å². The first-order chi connectivity index (χ1) is 5.72. The van der Waals surface area contributed by atoms with Crippen molar-refractivity contribution in [2.24, 2.45) is 5.92 Å². The van der Waals surface area contributed by atoms with E-state index in [1.54, 1.807) is 13.8 Å². The zero-order chi connectivity index (χ0) is 9.40. The average Bonchev–Trinajstić information content (AvgIpc) is 2.05. The third-order valence-electron chi connectivity index (χ3n) is 1.49. The molecule has 0 saturated carbocycles. The molecule has 0 saturated heterocycles. The van der Waals surface area contributed by atoms with Gasteiger partial charge in [0.1, 0.15) is 0 Å². The lowest BCUT2D eigenvalue weighted by molar-refractivity contribution is -0.147. The summed E-state index contributed by atoms with van der Waals surface area (Å²) < 4.78 is 4.78. The molecule has 0 aromatic carbocycles. The van der Waals surface area contributed by atoms with E-state index in [1.165, 1.54) is 0 Å². The van der Waals surface area contributed by atoms with Crippen molar-refractivity contribution in [2.45, 2.75) is 20.3 Å². The van der Waals surface area contributed by atoms with Crippen LogP contribution in [-0.2, 0) is 14.3 Å². The molecule has 1 N–H and O–H groups in total. The maximum Gasteiger partial charge on any atom is 0.308 e. The smallest absolute Gasteiger partial charge is 0.308 e. The normalized spacial score (nSPS) is 11.8. The van der Waals surface area contributed by atoms with Gasteiger partial charge in [-0.05, 0) is 13.3 Å². The molecule has 0 rings (SSSR count). The number of esters is 1. The highest BCUT2D eigenvalue weighted by Crippen LogP contribution is 2.02. The first-order valence-electron chi connectivity index (χ1n) is 4.06. The SMILES string of the molecule is CCOC(=O)C(C)CCNC=O. The second-order valence-electron chi connectivity index (χ2n) is 2.51. The summed E-state index contributed by atoms with van der Waals surface area (Å²) in [6.45, 7) is 4.48. The van der Waals surface area contributed by atoms with Crippen LogP contribution in [0.2, 0.25) is 0 Å². The highest BCUT2D eigenvalue weighted by molar-refractivity contribution is 5.71. The van der Waals surface area contributed by atoms with Crippen molar-refractivity contribution < 1.29 is 14.3 Å². The first-order valence-corrected chi connectivity index (χ1v) is 4.06. The Morgan fingerprint density at radius 2 is 2.33 bits per heavy atom. The van der Waals surface area contributed by atoms with Gasteiger partial charge in [0.15, 0.2) is 0 Å². The first kappa shape index (κ1) is 10.9. The zero-order valence-corrected chi connectivity index (χ0v) is 7.50. The molecule has 0 heterocycles. The molecular weight excluding hydrogens is 158 g/mol. The minimum atomic E-state index is -0.204. The number of ether oxygens (including phenoxy) is 1.